The molecular formula is C19H17Cl2N3O3S. The lowest BCUT2D eigenvalue weighted by Gasteiger charge is -2.14. The summed E-state index contributed by atoms with van der Waals surface area (Å²) in [5.74, 6) is 0.430. The summed E-state index contributed by atoms with van der Waals surface area (Å²) in [6.45, 7) is 2.63. The predicted octanol–water partition coefficient (Wildman–Crippen LogP) is 4.20. The van der Waals surface area contributed by atoms with Crippen LogP contribution in [0.3, 0.4) is 0 Å². The van der Waals surface area contributed by atoms with Crippen LogP contribution in [0.2, 0.25) is 10.0 Å². The Morgan fingerprint density at radius 3 is 2.82 bits per heavy atom. The Morgan fingerprint density at radius 2 is 2.14 bits per heavy atom. The van der Waals surface area contributed by atoms with Crippen molar-refractivity contribution < 1.29 is 14.0 Å². The molecule has 2 aromatic rings. The maximum Gasteiger partial charge on any atom is 0.278 e. The topological polar surface area (TPSA) is 74.9 Å². The van der Waals surface area contributed by atoms with Crippen LogP contribution < -0.4 is 5.32 Å². The maximum atomic E-state index is 12.6. The van der Waals surface area contributed by atoms with E-state index in [9.17, 15) is 9.59 Å². The van der Waals surface area contributed by atoms with Crippen LogP contribution in [0, 0.1) is 0 Å². The molecule has 0 saturated carbocycles. The second kappa shape index (κ2) is 9.32. The van der Waals surface area contributed by atoms with Gasteiger partial charge < -0.3 is 9.73 Å². The standard InChI is InChI=1S/C19H17Cl2N3O3S/c1-2-24-18(26)16(9-12-5-6-14(20)15(21)8-12)23-19(24)28-11-17(25)22-10-13-4-3-7-27-13/h3-9H,2,10-11H2,1H3,(H,22,25)/b16-9+. The molecule has 2 amide bonds. The minimum absolute atomic E-state index is 0.142. The first-order chi connectivity index (χ1) is 13.5. The van der Waals surface area contributed by atoms with Crippen molar-refractivity contribution in [1.29, 1.82) is 0 Å². The minimum Gasteiger partial charge on any atom is -0.467 e. The number of likely N-dealkylation sites (N-methyl/N-ethyl adjacent to an activating group) is 1. The first kappa shape index (κ1) is 20.5. The number of hydrogen-bond donors (Lipinski definition) is 1. The number of halogens is 2. The molecule has 3 rings (SSSR count). The number of thioether (sulfide) groups is 1. The lowest BCUT2D eigenvalue weighted by atomic mass is 10.2. The van der Waals surface area contributed by atoms with Crippen LogP contribution in [0.4, 0.5) is 0 Å². The number of rotatable bonds is 6. The molecule has 6 nitrogen and oxygen atoms in total. The van der Waals surface area contributed by atoms with Gasteiger partial charge in [-0.15, -0.1) is 0 Å². The molecule has 0 aliphatic carbocycles. The number of hydrogen-bond acceptors (Lipinski definition) is 5. The highest BCUT2D eigenvalue weighted by molar-refractivity contribution is 8.14. The molecule has 1 aromatic heterocycles. The molecule has 0 radical (unpaired) electrons. The second-order valence-corrected chi connectivity index (χ2v) is 7.55. The Kier molecular flexibility index (Phi) is 6.83. The quantitative estimate of drug-likeness (QED) is 0.687. The summed E-state index contributed by atoms with van der Waals surface area (Å²) in [4.78, 5) is 30.6. The van der Waals surface area contributed by atoms with E-state index in [4.69, 9.17) is 27.6 Å². The lowest BCUT2D eigenvalue weighted by Crippen LogP contribution is -2.32. The molecule has 0 spiro atoms. The van der Waals surface area contributed by atoms with Gasteiger partial charge in [-0.05, 0) is 42.8 Å². The van der Waals surface area contributed by atoms with E-state index >= 15 is 0 Å². The van der Waals surface area contributed by atoms with E-state index in [0.29, 0.717) is 39.8 Å². The summed E-state index contributed by atoms with van der Waals surface area (Å²) in [5, 5.41) is 4.10. The summed E-state index contributed by atoms with van der Waals surface area (Å²) >= 11 is 13.2. The summed E-state index contributed by atoms with van der Waals surface area (Å²) in [6.07, 6.45) is 3.20. The van der Waals surface area contributed by atoms with E-state index in [1.54, 1.807) is 42.7 Å². The van der Waals surface area contributed by atoms with Crippen LogP contribution in [0.5, 0.6) is 0 Å². The number of nitrogens with one attached hydrogen (secondary N) is 1. The Bertz CT molecular complexity index is 942. The molecule has 146 valence electrons. The van der Waals surface area contributed by atoms with E-state index in [2.05, 4.69) is 10.3 Å². The Morgan fingerprint density at radius 1 is 1.32 bits per heavy atom. The monoisotopic (exact) mass is 437 g/mol. The smallest absolute Gasteiger partial charge is 0.278 e. The fourth-order valence-electron chi connectivity index (χ4n) is 2.46. The van der Waals surface area contributed by atoms with E-state index in [0.717, 1.165) is 5.56 Å². The molecule has 9 heteroatoms. The molecule has 1 aliphatic heterocycles. The number of nitrogens with zero attached hydrogens (tertiary/aromatic N) is 2. The highest BCUT2D eigenvalue weighted by Gasteiger charge is 2.29. The third kappa shape index (κ3) is 4.98. The third-order valence-electron chi connectivity index (χ3n) is 3.85. The first-order valence-electron chi connectivity index (χ1n) is 8.47. The normalized spacial score (nSPS) is 15.2. The molecule has 1 aromatic carbocycles. The van der Waals surface area contributed by atoms with Gasteiger partial charge in [-0.2, -0.15) is 0 Å². The van der Waals surface area contributed by atoms with Crippen LogP contribution in [-0.4, -0.2) is 34.2 Å². The van der Waals surface area contributed by atoms with E-state index in [1.807, 2.05) is 6.92 Å². The molecule has 0 unspecified atom stereocenters. The minimum atomic E-state index is -0.216. The van der Waals surface area contributed by atoms with Crippen LogP contribution in [0.25, 0.3) is 6.08 Å². The molecule has 0 atom stereocenters. The van der Waals surface area contributed by atoms with Gasteiger partial charge in [0.05, 0.1) is 28.6 Å². The van der Waals surface area contributed by atoms with Crippen molar-refractivity contribution in [3.05, 3.63) is 63.7 Å². The Hall–Kier alpha value is -2.22. The van der Waals surface area contributed by atoms with Crippen LogP contribution >= 0.6 is 35.0 Å². The lowest BCUT2D eigenvalue weighted by molar-refractivity contribution is -0.122. The van der Waals surface area contributed by atoms with Crippen LogP contribution in [0.15, 0.2) is 51.7 Å². The summed E-state index contributed by atoms with van der Waals surface area (Å²) in [5.41, 5.74) is 1.01. The van der Waals surface area contributed by atoms with Gasteiger partial charge in [0.2, 0.25) is 5.91 Å². The number of carbonyl (C=O) groups is 2. The van der Waals surface area contributed by atoms with Gasteiger partial charge in [0, 0.05) is 6.54 Å². The SMILES string of the molecule is CCN1C(=O)/C(=C\c2ccc(Cl)c(Cl)c2)N=C1SCC(=O)NCc1ccco1. The fraction of sp³-hybridized carbons (Fsp3) is 0.211. The highest BCUT2D eigenvalue weighted by Crippen LogP contribution is 2.27. The zero-order chi connectivity index (χ0) is 20.1. The van der Waals surface area contributed by atoms with Gasteiger partial charge in [0.1, 0.15) is 11.5 Å². The highest BCUT2D eigenvalue weighted by atomic mass is 35.5. The fourth-order valence-corrected chi connectivity index (χ4v) is 3.66. The molecular weight excluding hydrogens is 421 g/mol. The number of amidine groups is 1. The van der Waals surface area contributed by atoms with E-state index in [-0.39, 0.29) is 17.6 Å². The summed E-state index contributed by atoms with van der Waals surface area (Å²) in [6, 6.07) is 8.63. The zero-order valence-corrected chi connectivity index (χ0v) is 17.3. The van der Waals surface area contributed by atoms with Crippen molar-refractivity contribution in [2.24, 2.45) is 4.99 Å². The molecule has 0 bridgehead atoms. The van der Waals surface area contributed by atoms with Crippen molar-refractivity contribution in [1.82, 2.24) is 10.2 Å². The first-order valence-corrected chi connectivity index (χ1v) is 10.2. The average molecular weight is 438 g/mol. The molecule has 1 N–H and O–H groups in total. The Labute approximate surface area is 176 Å². The van der Waals surface area contributed by atoms with Crippen molar-refractivity contribution in [2.45, 2.75) is 13.5 Å². The number of furan rings is 1. The molecule has 2 heterocycles. The average Bonchev–Trinajstić information content (AvgIpc) is 3.29. The number of carbonyl (C=O) groups excluding carboxylic acids is 2. The van der Waals surface area contributed by atoms with Crippen molar-refractivity contribution in [2.75, 3.05) is 12.3 Å². The summed E-state index contributed by atoms with van der Waals surface area (Å²) in [7, 11) is 0. The molecule has 28 heavy (non-hydrogen) atoms. The van der Waals surface area contributed by atoms with E-state index < -0.39 is 0 Å². The maximum absolute atomic E-state index is 12.6. The van der Waals surface area contributed by atoms with Gasteiger partial charge in [-0.1, -0.05) is 41.0 Å². The van der Waals surface area contributed by atoms with Crippen LogP contribution in [0.1, 0.15) is 18.2 Å². The van der Waals surface area contributed by atoms with Gasteiger partial charge in [-0.25, -0.2) is 4.99 Å². The van der Waals surface area contributed by atoms with Crippen molar-refractivity contribution >= 4 is 58.0 Å². The van der Waals surface area contributed by atoms with E-state index in [1.165, 1.54) is 16.7 Å². The Balaban J connectivity index is 1.66. The number of benzene rings is 1. The molecule has 1 aliphatic rings. The third-order valence-corrected chi connectivity index (χ3v) is 5.56. The molecule has 0 saturated heterocycles. The second-order valence-electron chi connectivity index (χ2n) is 5.79. The van der Waals surface area contributed by atoms with Gasteiger partial charge in [0.25, 0.3) is 5.91 Å². The van der Waals surface area contributed by atoms with Crippen molar-refractivity contribution in [3.8, 4) is 0 Å². The zero-order valence-electron chi connectivity index (χ0n) is 14.9. The van der Waals surface area contributed by atoms with Gasteiger partial charge in [0.15, 0.2) is 5.17 Å². The van der Waals surface area contributed by atoms with Crippen LogP contribution in [-0.2, 0) is 16.1 Å². The van der Waals surface area contributed by atoms with Gasteiger partial charge >= 0.3 is 0 Å². The summed E-state index contributed by atoms with van der Waals surface area (Å²) < 4.78 is 5.17. The largest absolute Gasteiger partial charge is 0.467 e. The number of aliphatic imine (C=N–C) groups is 1. The number of amides is 2. The van der Waals surface area contributed by atoms with Gasteiger partial charge in [-0.3, -0.25) is 14.5 Å². The predicted molar refractivity (Wildman–Crippen MR) is 112 cm³/mol. The molecule has 0 fully saturated rings. The van der Waals surface area contributed by atoms with Crippen molar-refractivity contribution in [3.63, 3.8) is 0 Å².